The van der Waals surface area contributed by atoms with Crippen LogP contribution in [0.4, 0.5) is 5.82 Å². The van der Waals surface area contributed by atoms with Gasteiger partial charge >= 0.3 is 5.97 Å². The zero-order chi connectivity index (χ0) is 13.6. The summed E-state index contributed by atoms with van der Waals surface area (Å²) in [5, 5.41) is 19.6. The topological polar surface area (TPSA) is 93.6 Å². The molecular weight excluding hydrogens is 248 g/mol. The molecule has 2 unspecified atom stereocenters. The van der Waals surface area contributed by atoms with Gasteiger partial charge in [0, 0.05) is 11.9 Å². The molecule has 2 heterocycles. The maximum Gasteiger partial charge on any atom is 0.346 e. The Kier molecular flexibility index (Phi) is 2.36. The number of anilines is 1. The number of H-pyrrole nitrogens is 1. The molecule has 1 saturated heterocycles. The standard InChI is InChI=1S/C13H12N2O4/c16-11-13(19,12(17)18)8-4-1-2-5-9(8)15(11)10-6-3-7-14-10/h1-3,5-8,14,19H,4H2,(H,17,18). The monoisotopic (exact) mass is 260 g/mol. The van der Waals surface area contributed by atoms with Crippen LogP contribution in [0.2, 0.25) is 0 Å². The van der Waals surface area contributed by atoms with Crippen molar-refractivity contribution in [3.8, 4) is 0 Å². The SMILES string of the molecule is O=C(O)C1(O)C(=O)N(c2ccc[nH]2)C2=CC=CCC21. The summed E-state index contributed by atoms with van der Waals surface area (Å²) >= 11 is 0. The number of fused-ring (bicyclic) bond motifs is 1. The second-order valence-corrected chi connectivity index (χ2v) is 4.58. The highest BCUT2D eigenvalue weighted by atomic mass is 16.4. The molecule has 98 valence electrons. The molecule has 1 aromatic heterocycles. The van der Waals surface area contributed by atoms with E-state index < -0.39 is 23.4 Å². The molecule has 0 spiro atoms. The fourth-order valence-corrected chi connectivity index (χ4v) is 2.62. The quantitative estimate of drug-likeness (QED) is 0.680. The molecule has 1 aromatic rings. The predicted molar refractivity (Wildman–Crippen MR) is 66.2 cm³/mol. The van der Waals surface area contributed by atoms with Crippen molar-refractivity contribution in [2.75, 3.05) is 4.90 Å². The minimum absolute atomic E-state index is 0.317. The first-order valence-corrected chi connectivity index (χ1v) is 5.87. The normalized spacial score (nSPS) is 29.3. The number of aromatic amines is 1. The minimum Gasteiger partial charge on any atom is -0.479 e. The Bertz CT molecular complexity index is 602. The summed E-state index contributed by atoms with van der Waals surface area (Å²) in [6, 6.07) is 3.36. The number of carboxylic acids is 1. The van der Waals surface area contributed by atoms with Gasteiger partial charge in [-0.3, -0.25) is 9.69 Å². The number of amides is 1. The van der Waals surface area contributed by atoms with Crippen molar-refractivity contribution < 1.29 is 19.8 Å². The number of carbonyl (C=O) groups is 2. The van der Waals surface area contributed by atoms with Crippen LogP contribution >= 0.6 is 0 Å². The molecule has 3 rings (SSSR count). The Hall–Kier alpha value is -2.34. The third kappa shape index (κ3) is 1.40. The smallest absolute Gasteiger partial charge is 0.346 e. The van der Waals surface area contributed by atoms with E-state index in [1.807, 2.05) is 0 Å². The van der Waals surface area contributed by atoms with Crippen molar-refractivity contribution in [2.45, 2.75) is 12.0 Å². The highest BCUT2D eigenvalue weighted by Gasteiger charge is 2.61. The lowest BCUT2D eigenvalue weighted by Gasteiger charge is -2.22. The molecule has 3 N–H and O–H groups in total. The lowest BCUT2D eigenvalue weighted by Crippen LogP contribution is -2.50. The van der Waals surface area contributed by atoms with Gasteiger partial charge in [0.15, 0.2) is 0 Å². The lowest BCUT2D eigenvalue weighted by molar-refractivity contribution is -0.166. The number of rotatable bonds is 2. The van der Waals surface area contributed by atoms with E-state index in [1.165, 1.54) is 4.90 Å². The van der Waals surface area contributed by atoms with Gasteiger partial charge in [-0.2, -0.15) is 0 Å². The molecule has 2 aliphatic rings. The first-order chi connectivity index (χ1) is 9.06. The summed E-state index contributed by atoms with van der Waals surface area (Å²) in [6.45, 7) is 0. The molecule has 0 bridgehead atoms. The summed E-state index contributed by atoms with van der Waals surface area (Å²) in [5.41, 5.74) is -1.90. The molecule has 0 saturated carbocycles. The molecule has 19 heavy (non-hydrogen) atoms. The number of nitrogens with one attached hydrogen (secondary N) is 1. The second kappa shape index (κ2) is 3.83. The van der Waals surface area contributed by atoms with Gasteiger partial charge in [0.25, 0.3) is 11.5 Å². The van der Waals surface area contributed by atoms with Crippen LogP contribution in [-0.2, 0) is 9.59 Å². The van der Waals surface area contributed by atoms with Gasteiger partial charge in [0.1, 0.15) is 5.82 Å². The van der Waals surface area contributed by atoms with Crippen molar-refractivity contribution >= 4 is 17.7 Å². The van der Waals surface area contributed by atoms with E-state index in [1.54, 1.807) is 36.6 Å². The third-order valence-corrected chi connectivity index (χ3v) is 3.57. The van der Waals surface area contributed by atoms with Gasteiger partial charge in [0.2, 0.25) is 0 Å². The van der Waals surface area contributed by atoms with Crippen LogP contribution in [0.15, 0.2) is 42.3 Å². The van der Waals surface area contributed by atoms with Gasteiger partial charge in [-0.1, -0.05) is 12.2 Å². The number of carboxylic acid groups (broad SMARTS) is 1. The van der Waals surface area contributed by atoms with E-state index in [0.717, 1.165) is 0 Å². The van der Waals surface area contributed by atoms with Crippen molar-refractivity contribution in [1.29, 1.82) is 0 Å². The maximum atomic E-state index is 12.3. The molecule has 1 aliphatic heterocycles. The van der Waals surface area contributed by atoms with Crippen LogP contribution in [0.3, 0.4) is 0 Å². The molecule has 2 atom stereocenters. The third-order valence-electron chi connectivity index (χ3n) is 3.57. The summed E-state index contributed by atoms with van der Waals surface area (Å²) in [7, 11) is 0. The van der Waals surface area contributed by atoms with E-state index in [0.29, 0.717) is 17.9 Å². The Morgan fingerprint density at radius 2 is 2.32 bits per heavy atom. The molecule has 1 amide bonds. The maximum absolute atomic E-state index is 12.3. The Morgan fingerprint density at radius 3 is 2.95 bits per heavy atom. The molecule has 0 radical (unpaired) electrons. The average molecular weight is 260 g/mol. The van der Waals surface area contributed by atoms with Crippen LogP contribution in [0, 0.1) is 5.92 Å². The van der Waals surface area contributed by atoms with Crippen molar-refractivity contribution in [1.82, 2.24) is 4.98 Å². The number of nitrogens with zero attached hydrogens (tertiary/aromatic N) is 1. The zero-order valence-corrected chi connectivity index (χ0v) is 9.91. The molecule has 1 fully saturated rings. The summed E-state index contributed by atoms with van der Waals surface area (Å²) in [4.78, 5) is 27.8. The largest absolute Gasteiger partial charge is 0.479 e. The number of aliphatic hydroxyl groups is 1. The zero-order valence-electron chi connectivity index (χ0n) is 9.91. The van der Waals surface area contributed by atoms with Gasteiger partial charge in [-0.25, -0.2) is 4.79 Å². The van der Waals surface area contributed by atoms with E-state index in [4.69, 9.17) is 0 Å². The fourth-order valence-electron chi connectivity index (χ4n) is 2.62. The lowest BCUT2D eigenvalue weighted by atomic mass is 9.84. The number of allylic oxidation sites excluding steroid dienone is 3. The number of hydrogen-bond donors (Lipinski definition) is 3. The van der Waals surface area contributed by atoms with Gasteiger partial charge in [-0.05, 0) is 24.6 Å². The predicted octanol–water partition coefficient (Wildman–Crippen LogP) is 0.637. The summed E-state index contributed by atoms with van der Waals surface area (Å²) < 4.78 is 0. The highest BCUT2D eigenvalue weighted by Crippen LogP contribution is 2.43. The Balaban J connectivity index is 2.16. The van der Waals surface area contributed by atoms with E-state index in [2.05, 4.69) is 4.98 Å². The minimum atomic E-state index is -2.40. The molecule has 6 heteroatoms. The molecule has 0 aromatic carbocycles. The van der Waals surface area contributed by atoms with Gasteiger partial charge < -0.3 is 15.2 Å². The number of hydrogen-bond acceptors (Lipinski definition) is 3. The number of aromatic nitrogens is 1. The van der Waals surface area contributed by atoms with Crippen LogP contribution in [0.1, 0.15) is 6.42 Å². The van der Waals surface area contributed by atoms with Crippen LogP contribution in [-0.4, -0.2) is 32.7 Å². The Morgan fingerprint density at radius 1 is 1.53 bits per heavy atom. The number of carbonyl (C=O) groups excluding carboxylic acids is 1. The van der Waals surface area contributed by atoms with E-state index in [9.17, 15) is 19.8 Å². The molecular formula is C13H12N2O4. The van der Waals surface area contributed by atoms with Crippen LogP contribution < -0.4 is 4.90 Å². The fraction of sp³-hybridized carbons (Fsp3) is 0.231. The molecule has 6 nitrogen and oxygen atoms in total. The van der Waals surface area contributed by atoms with Crippen molar-refractivity contribution in [2.24, 2.45) is 5.92 Å². The second-order valence-electron chi connectivity index (χ2n) is 4.58. The van der Waals surface area contributed by atoms with Gasteiger partial charge in [-0.15, -0.1) is 0 Å². The van der Waals surface area contributed by atoms with E-state index in [-0.39, 0.29) is 0 Å². The van der Waals surface area contributed by atoms with Crippen LogP contribution in [0.25, 0.3) is 0 Å². The van der Waals surface area contributed by atoms with Gasteiger partial charge in [0.05, 0.1) is 5.92 Å². The summed E-state index contributed by atoms with van der Waals surface area (Å²) in [5.74, 6) is -2.65. The first-order valence-electron chi connectivity index (χ1n) is 5.87. The highest BCUT2D eigenvalue weighted by molar-refractivity contribution is 6.17. The summed E-state index contributed by atoms with van der Waals surface area (Å²) in [6.07, 6.45) is 7.11. The first kappa shape index (κ1) is 11.7. The Labute approximate surface area is 108 Å². The van der Waals surface area contributed by atoms with E-state index >= 15 is 0 Å². The van der Waals surface area contributed by atoms with Crippen molar-refractivity contribution in [3.63, 3.8) is 0 Å². The van der Waals surface area contributed by atoms with Crippen LogP contribution in [0.5, 0.6) is 0 Å². The number of aliphatic carboxylic acids is 1. The van der Waals surface area contributed by atoms with Crippen molar-refractivity contribution in [3.05, 3.63) is 42.3 Å². The molecule has 1 aliphatic carbocycles. The average Bonchev–Trinajstić information content (AvgIpc) is 2.98.